The van der Waals surface area contributed by atoms with Gasteiger partial charge in [-0.05, 0) is 93.3 Å². The summed E-state index contributed by atoms with van der Waals surface area (Å²) in [6.45, 7) is 17.9. The molecule has 0 saturated carbocycles. The van der Waals surface area contributed by atoms with E-state index in [1.165, 1.54) is 21.9 Å². The minimum atomic E-state index is -0.318. The fourth-order valence-electron chi connectivity index (χ4n) is 9.22. The Hall–Kier alpha value is -5.27. The van der Waals surface area contributed by atoms with E-state index in [1.54, 1.807) is 24.3 Å². The average molecular weight is 760 g/mol. The predicted molar refractivity (Wildman–Crippen MR) is 220 cm³/mol. The molecule has 2 N–H and O–H groups in total. The number of nitrogens with one attached hydrogen (secondary N) is 2. The van der Waals surface area contributed by atoms with Crippen LogP contribution in [-0.2, 0) is 36.0 Å². The van der Waals surface area contributed by atoms with Gasteiger partial charge in [0.1, 0.15) is 11.5 Å². The largest absolute Gasteiger partial charge is 0.381 e. The molecule has 6 heterocycles. The number of carbonyl (C=O) groups is 2. The van der Waals surface area contributed by atoms with E-state index in [1.807, 2.05) is 31.2 Å². The lowest BCUT2D eigenvalue weighted by Gasteiger charge is -2.44. The molecule has 2 fully saturated rings. The topological polar surface area (TPSA) is 130 Å². The van der Waals surface area contributed by atoms with Crippen molar-refractivity contribution in [2.45, 2.75) is 78.4 Å². The number of aromatic nitrogens is 4. The van der Waals surface area contributed by atoms with E-state index in [4.69, 9.17) is 9.72 Å². The van der Waals surface area contributed by atoms with Crippen LogP contribution in [-0.4, -0.2) is 87.3 Å². The number of nitrogens with zero attached hydrogens (tertiary/aromatic N) is 7. The highest BCUT2D eigenvalue weighted by Crippen LogP contribution is 2.40. The lowest BCUT2D eigenvalue weighted by molar-refractivity contribution is -0.111. The van der Waals surface area contributed by atoms with Gasteiger partial charge >= 0.3 is 0 Å². The monoisotopic (exact) mass is 759 g/mol. The van der Waals surface area contributed by atoms with E-state index in [0.717, 1.165) is 81.8 Å². The third-order valence-electron chi connectivity index (χ3n) is 12.0. The molecule has 4 aliphatic rings. The summed E-state index contributed by atoms with van der Waals surface area (Å²) >= 11 is 0. The van der Waals surface area contributed by atoms with Crippen molar-refractivity contribution in [3.63, 3.8) is 0 Å². The van der Waals surface area contributed by atoms with Crippen LogP contribution in [0.4, 0.5) is 28.7 Å². The van der Waals surface area contributed by atoms with Crippen molar-refractivity contribution in [3.05, 3.63) is 88.2 Å². The molecular formula is C43H53N9O4. The number of pyridine rings is 1. The Morgan fingerprint density at radius 1 is 1.05 bits per heavy atom. The third-order valence-corrected chi connectivity index (χ3v) is 12.0. The first-order valence-corrected chi connectivity index (χ1v) is 19.9. The van der Waals surface area contributed by atoms with Crippen LogP contribution in [0.25, 0.3) is 11.3 Å². The van der Waals surface area contributed by atoms with Crippen LogP contribution in [0.3, 0.4) is 0 Å². The first-order valence-electron chi connectivity index (χ1n) is 19.9. The molecule has 294 valence electrons. The van der Waals surface area contributed by atoms with Crippen molar-refractivity contribution < 1.29 is 14.3 Å². The van der Waals surface area contributed by atoms with Gasteiger partial charge in [-0.15, -0.1) is 0 Å². The number of ether oxygens (including phenoxy) is 1. The molecule has 0 spiro atoms. The fraction of sp³-hybridized carbons (Fsp3) is 0.465. The number of rotatable bonds is 8. The molecule has 13 heteroatoms. The summed E-state index contributed by atoms with van der Waals surface area (Å²) in [7, 11) is 1.70. The normalized spacial score (nSPS) is 21.0. The Balaban J connectivity index is 1.05. The quantitative estimate of drug-likeness (QED) is 0.218. The summed E-state index contributed by atoms with van der Waals surface area (Å²) in [6.07, 6.45) is 9.89. The van der Waals surface area contributed by atoms with Crippen molar-refractivity contribution in [3.8, 4) is 11.3 Å². The maximum atomic E-state index is 13.9. The molecule has 2 saturated heterocycles. The van der Waals surface area contributed by atoms with Crippen LogP contribution in [0.15, 0.2) is 60.2 Å². The zero-order chi connectivity index (χ0) is 39.3. The Morgan fingerprint density at radius 3 is 2.70 bits per heavy atom. The molecule has 4 aromatic rings. The second-order valence-corrected chi connectivity index (χ2v) is 16.6. The molecule has 0 radical (unpaired) electrons. The summed E-state index contributed by atoms with van der Waals surface area (Å²) in [6, 6.07) is 10.4. The van der Waals surface area contributed by atoms with Crippen LogP contribution >= 0.6 is 0 Å². The SMILES string of the molecule is C=CC(=O)Nc1cc(Nc2nc(-c3ccnc(N4CCn5c(cc6c5CC(C)(C)C6)C4=O)c3C)cn(C)c2=O)ccc1N1CCN([C@@H]2CCCOCC2)C[C@@H]1C. The maximum Gasteiger partial charge on any atom is 0.293 e. The second kappa shape index (κ2) is 15.0. The molecule has 3 aliphatic heterocycles. The predicted octanol–water partition coefficient (Wildman–Crippen LogP) is 5.69. The van der Waals surface area contributed by atoms with Gasteiger partial charge in [0.05, 0.1) is 17.1 Å². The van der Waals surface area contributed by atoms with Crippen LogP contribution < -0.4 is 26.0 Å². The van der Waals surface area contributed by atoms with Gasteiger partial charge in [-0.1, -0.05) is 20.4 Å². The van der Waals surface area contributed by atoms with Crippen molar-refractivity contribution in [1.82, 2.24) is 24.0 Å². The number of amides is 2. The molecule has 56 heavy (non-hydrogen) atoms. The van der Waals surface area contributed by atoms with Crippen molar-refractivity contribution in [2.24, 2.45) is 12.5 Å². The van der Waals surface area contributed by atoms with Crippen LogP contribution in [0.1, 0.15) is 67.3 Å². The van der Waals surface area contributed by atoms with E-state index in [-0.39, 0.29) is 34.6 Å². The number of carbonyl (C=O) groups excluding carboxylic acids is 2. The fourth-order valence-corrected chi connectivity index (χ4v) is 9.22. The maximum absolute atomic E-state index is 13.9. The molecule has 13 nitrogen and oxygen atoms in total. The van der Waals surface area contributed by atoms with Crippen molar-refractivity contribution in [2.75, 3.05) is 59.8 Å². The van der Waals surface area contributed by atoms with Gasteiger partial charge in [0.2, 0.25) is 5.91 Å². The lowest BCUT2D eigenvalue weighted by atomic mass is 9.90. The number of anilines is 5. The Labute approximate surface area is 328 Å². The van der Waals surface area contributed by atoms with Crippen LogP contribution in [0.5, 0.6) is 0 Å². The number of piperazine rings is 1. The molecule has 0 unspecified atom stereocenters. The number of hydrogen-bond donors (Lipinski definition) is 2. The zero-order valence-electron chi connectivity index (χ0n) is 33.2. The van der Waals surface area contributed by atoms with Gasteiger partial charge < -0.3 is 29.4 Å². The van der Waals surface area contributed by atoms with Gasteiger partial charge in [0.25, 0.3) is 11.5 Å². The summed E-state index contributed by atoms with van der Waals surface area (Å²) in [5.74, 6) is 0.347. The van der Waals surface area contributed by atoms with Gasteiger partial charge in [0.15, 0.2) is 5.82 Å². The Morgan fingerprint density at radius 2 is 1.89 bits per heavy atom. The molecular weight excluding hydrogens is 707 g/mol. The molecule has 3 aromatic heterocycles. The zero-order valence-corrected chi connectivity index (χ0v) is 33.2. The number of benzene rings is 1. The summed E-state index contributed by atoms with van der Waals surface area (Å²) in [5, 5.41) is 6.26. The molecule has 1 aliphatic carbocycles. The first-order chi connectivity index (χ1) is 26.9. The van der Waals surface area contributed by atoms with E-state index in [0.29, 0.717) is 47.7 Å². The molecule has 0 bridgehead atoms. The summed E-state index contributed by atoms with van der Waals surface area (Å²) < 4.78 is 9.42. The van der Waals surface area contributed by atoms with Crippen molar-refractivity contribution in [1.29, 1.82) is 0 Å². The van der Waals surface area contributed by atoms with Crippen LogP contribution in [0, 0.1) is 12.3 Å². The lowest BCUT2D eigenvalue weighted by Crippen LogP contribution is -2.55. The smallest absolute Gasteiger partial charge is 0.293 e. The standard InChI is InChI=1S/C43H53N9O4/c1-7-38(53)46-33-22-30(10-11-35(33)50-16-15-49(25-27(50)2)31-9-8-19-56-20-13-31)45-39-42(55)48(6)26-34(47-39)32-12-14-44-40(28(32)3)52-18-17-51-36(41(52)54)21-29-23-43(4,5)24-37(29)51/h7,10-12,14,21-22,26-27,31H,1,8-9,13,15-20,23-25H2,2-6H3,(H,45,47)(H,46,53)/t27-,31+/m0/s1. The van der Waals surface area contributed by atoms with Gasteiger partial charge in [-0.3, -0.25) is 24.2 Å². The third kappa shape index (κ3) is 7.14. The van der Waals surface area contributed by atoms with Crippen molar-refractivity contribution >= 4 is 40.5 Å². The Kier molecular flexibility index (Phi) is 10.1. The molecule has 8 rings (SSSR count). The van der Waals surface area contributed by atoms with Gasteiger partial charge in [-0.2, -0.15) is 0 Å². The molecule has 2 atom stereocenters. The highest BCUT2D eigenvalue weighted by atomic mass is 16.5. The summed E-state index contributed by atoms with van der Waals surface area (Å²) in [5.41, 5.74) is 7.43. The second-order valence-electron chi connectivity index (χ2n) is 16.6. The van der Waals surface area contributed by atoms with Gasteiger partial charge in [-0.25, -0.2) is 9.97 Å². The highest BCUT2D eigenvalue weighted by molar-refractivity contribution is 6.06. The van der Waals surface area contributed by atoms with E-state index >= 15 is 0 Å². The van der Waals surface area contributed by atoms with E-state index in [9.17, 15) is 14.4 Å². The molecule has 2 amide bonds. The number of hydrogen-bond acceptors (Lipinski definition) is 9. The van der Waals surface area contributed by atoms with Gasteiger partial charge in [0, 0.05) is 100.0 Å². The average Bonchev–Trinajstić information content (AvgIpc) is 3.50. The van der Waals surface area contributed by atoms with Crippen LogP contribution in [0.2, 0.25) is 0 Å². The Bertz CT molecular complexity index is 2250. The highest BCUT2D eigenvalue weighted by Gasteiger charge is 2.37. The number of fused-ring (bicyclic) bond motifs is 3. The van der Waals surface area contributed by atoms with E-state index in [2.05, 4.69) is 63.4 Å². The summed E-state index contributed by atoms with van der Waals surface area (Å²) in [4.78, 5) is 56.4. The van der Waals surface area contributed by atoms with E-state index < -0.39 is 0 Å². The minimum absolute atomic E-state index is 0.0548. The number of aryl methyl sites for hydroxylation is 1. The molecule has 1 aromatic carbocycles. The first kappa shape index (κ1) is 37.6. The minimum Gasteiger partial charge on any atom is -0.381 e.